The van der Waals surface area contributed by atoms with Crippen LogP contribution in [0.1, 0.15) is 32.6 Å². The first-order valence-corrected chi connectivity index (χ1v) is 5.84. The molecule has 0 amide bonds. The molecule has 0 aromatic rings. The van der Waals surface area contributed by atoms with Gasteiger partial charge in [-0.05, 0) is 32.6 Å². The molecular formula is C11H20O4. The maximum Gasteiger partial charge on any atom is 0.183 e. The summed E-state index contributed by atoms with van der Waals surface area (Å²) < 4.78 is 16.7. The second-order valence-electron chi connectivity index (χ2n) is 4.34. The van der Waals surface area contributed by atoms with Gasteiger partial charge in [0.25, 0.3) is 0 Å². The van der Waals surface area contributed by atoms with E-state index in [1.807, 2.05) is 6.92 Å². The van der Waals surface area contributed by atoms with Crippen molar-refractivity contribution in [3.8, 4) is 0 Å². The van der Waals surface area contributed by atoms with E-state index in [2.05, 4.69) is 0 Å². The predicted octanol–water partition coefficient (Wildman–Crippen LogP) is 1.07. The molecular weight excluding hydrogens is 196 g/mol. The third-order valence-corrected chi connectivity index (χ3v) is 3.09. The Morgan fingerprint density at radius 1 is 1.13 bits per heavy atom. The molecule has 2 aliphatic heterocycles. The van der Waals surface area contributed by atoms with E-state index in [-0.39, 0.29) is 12.2 Å². The van der Waals surface area contributed by atoms with E-state index >= 15 is 0 Å². The molecule has 2 aliphatic rings. The molecule has 0 aromatic carbocycles. The molecule has 2 heterocycles. The molecule has 0 saturated carbocycles. The summed E-state index contributed by atoms with van der Waals surface area (Å²) in [5.74, 6) is 0. The van der Waals surface area contributed by atoms with Crippen molar-refractivity contribution in [3.05, 3.63) is 0 Å². The number of hydrogen-bond acceptors (Lipinski definition) is 4. The van der Waals surface area contributed by atoms with Crippen LogP contribution < -0.4 is 0 Å². The van der Waals surface area contributed by atoms with Gasteiger partial charge in [0, 0.05) is 13.2 Å². The molecule has 0 radical (unpaired) electrons. The van der Waals surface area contributed by atoms with Gasteiger partial charge in [-0.3, -0.25) is 0 Å². The van der Waals surface area contributed by atoms with Crippen molar-refractivity contribution < 1.29 is 19.3 Å². The minimum absolute atomic E-state index is 0.0662. The predicted molar refractivity (Wildman–Crippen MR) is 54.5 cm³/mol. The minimum atomic E-state index is -0.479. The van der Waals surface area contributed by atoms with Gasteiger partial charge in [0.05, 0.1) is 12.2 Å². The van der Waals surface area contributed by atoms with E-state index < -0.39 is 12.4 Å². The topological polar surface area (TPSA) is 47.9 Å². The molecule has 4 atom stereocenters. The fourth-order valence-corrected chi connectivity index (χ4v) is 2.12. The molecule has 4 nitrogen and oxygen atoms in total. The number of aliphatic hydroxyl groups is 1. The highest BCUT2D eigenvalue weighted by atomic mass is 16.7. The molecule has 0 unspecified atom stereocenters. The number of ether oxygens (including phenoxy) is 3. The molecule has 15 heavy (non-hydrogen) atoms. The van der Waals surface area contributed by atoms with Crippen LogP contribution in [0, 0.1) is 0 Å². The lowest BCUT2D eigenvalue weighted by molar-refractivity contribution is -0.255. The van der Waals surface area contributed by atoms with Crippen LogP contribution in [-0.2, 0) is 14.2 Å². The molecule has 0 aromatic heterocycles. The highest BCUT2D eigenvalue weighted by Gasteiger charge is 2.31. The van der Waals surface area contributed by atoms with Crippen LogP contribution in [0.4, 0.5) is 0 Å². The number of rotatable bonds is 2. The molecule has 2 rings (SSSR count). The monoisotopic (exact) mass is 216 g/mol. The van der Waals surface area contributed by atoms with Crippen LogP contribution in [0.15, 0.2) is 0 Å². The van der Waals surface area contributed by atoms with Crippen molar-refractivity contribution in [1.82, 2.24) is 0 Å². The summed E-state index contributed by atoms with van der Waals surface area (Å²) in [5, 5.41) is 9.70. The van der Waals surface area contributed by atoms with Crippen molar-refractivity contribution in [2.75, 3.05) is 13.2 Å². The third-order valence-electron chi connectivity index (χ3n) is 3.09. The van der Waals surface area contributed by atoms with E-state index in [1.54, 1.807) is 0 Å². The third kappa shape index (κ3) is 2.91. The minimum Gasteiger partial charge on any atom is -0.388 e. The van der Waals surface area contributed by atoms with Crippen LogP contribution in [0.25, 0.3) is 0 Å². The zero-order valence-corrected chi connectivity index (χ0v) is 9.22. The van der Waals surface area contributed by atoms with E-state index in [0.717, 1.165) is 32.3 Å². The van der Waals surface area contributed by atoms with Gasteiger partial charge in [-0.2, -0.15) is 0 Å². The summed E-state index contributed by atoms with van der Waals surface area (Å²) >= 11 is 0. The Kier molecular flexibility index (Phi) is 3.97. The molecule has 4 heteroatoms. The molecule has 88 valence electrons. The summed E-state index contributed by atoms with van der Waals surface area (Å²) in [6.07, 6.45) is 2.95. The van der Waals surface area contributed by atoms with Gasteiger partial charge >= 0.3 is 0 Å². The smallest absolute Gasteiger partial charge is 0.183 e. The lowest BCUT2D eigenvalue weighted by Gasteiger charge is -2.35. The second-order valence-corrected chi connectivity index (χ2v) is 4.34. The average Bonchev–Trinajstić information content (AvgIpc) is 2.24. The first-order valence-electron chi connectivity index (χ1n) is 5.84. The van der Waals surface area contributed by atoms with Gasteiger partial charge in [-0.1, -0.05) is 0 Å². The Balaban J connectivity index is 1.83. The zero-order chi connectivity index (χ0) is 10.7. The van der Waals surface area contributed by atoms with Crippen molar-refractivity contribution >= 4 is 0 Å². The van der Waals surface area contributed by atoms with Crippen LogP contribution in [0.5, 0.6) is 0 Å². The number of hydrogen-bond donors (Lipinski definition) is 1. The van der Waals surface area contributed by atoms with Crippen molar-refractivity contribution in [2.45, 2.75) is 57.2 Å². The first-order chi connectivity index (χ1) is 7.27. The van der Waals surface area contributed by atoms with Crippen molar-refractivity contribution in [2.24, 2.45) is 0 Å². The first kappa shape index (κ1) is 11.3. The lowest BCUT2D eigenvalue weighted by atomic mass is 10.1. The van der Waals surface area contributed by atoms with Gasteiger partial charge in [0.1, 0.15) is 6.10 Å². The van der Waals surface area contributed by atoms with Crippen LogP contribution >= 0.6 is 0 Å². The Labute approximate surface area is 90.5 Å². The zero-order valence-electron chi connectivity index (χ0n) is 9.22. The normalized spacial score (nSPS) is 42.8. The highest BCUT2D eigenvalue weighted by Crippen LogP contribution is 2.23. The summed E-state index contributed by atoms with van der Waals surface area (Å²) in [6, 6.07) is 0. The Hall–Kier alpha value is -0.160. The van der Waals surface area contributed by atoms with Crippen molar-refractivity contribution in [3.63, 3.8) is 0 Å². The van der Waals surface area contributed by atoms with Crippen LogP contribution in [0.2, 0.25) is 0 Å². The van der Waals surface area contributed by atoms with Crippen molar-refractivity contribution in [1.29, 1.82) is 0 Å². The molecule has 2 fully saturated rings. The largest absolute Gasteiger partial charge is 0.388 e. The molecule has 0 spiro atoms. The van der Waals surface area contributed by atoms with Gasteiger partial charge in [0.2, 0.25) is 0 Å². The van der Waals surface area contributed by atoms with Crippen LogP contribution in [-0.4, -0.2) is 42.9 Å². The Bertz CT molecular complexity index is 177. The molecule has 0 aliphatic carbocycles. The Morgan fingerprint density at radius 2 is 1.87 bits per heavy atom. The molecule has 1 N–H and O–H groups in total. The lowest BCUT2D eigenvalue weighted by Crippen LogP contribution is -2.43. The number of aliphatic hydroxyl groups excluding tert-OH is 1. The van der Waals surface area contributed by atoms with E-state index in [0.29, 0.717) is 6.61 Å². The fraction of sp³-hybridized carbons (Fsp3) is 1.00. The summed E-state index contributed by atoms with van der Waals surface area (Å²) in [4.78, 5) is 0. The Morgan fingerprint density at radius 3 is 2.60 bits per heavy atom. The van der Waals surface area contributed by atoms with E-state index in [9.17, 15) is 5.11 Å². The van der Waals surface area contributed by atoms with E-state index in [1.165, 1.54) is 0 Å². The molecule has 0 bridgehead atoms. The van der Waals surface area contributed by atoms with Crippen LogP contribution in [0.3, 0.4) is 0 Å². The van der Waals surface area contributed by atoms with Gasteiger partial charge < -0.3 is 19.3 Å². The maximum absolute atomic E-state index is 9.70. The second kappa shape index (κ2) is 5.25. The maximum atomic E-state index is 9.70. The summed E-state index contributed by atoms with van der Waals surface area (Å²) in [5.41, 5.74) is 0. The SMILES string of the molecule is C[C@H]1OCCC[C@@H]1O[C@@H]1OCCC[C@H]1O. The standard InChI is InChI=1S/C11H20O4/c1-8-10(5-3-6-13-8)15-11-9(12)4-2-7-14-11/h8-12H,2-7H2,1H3/t8-,9-,10+,11+/m1/s1. The summed E-state index contributed by atoms with van der Waals surface area (Å²) in [7, 11) is 0. The average molecular weight is 216 g/mol. The van der Waals surface area contributed by atoms with Gasteiger partial charge in [-0.15, -0.1) is 0 Å². The quantitative estimate of drug-likeness (QED) is 0.750. The van der Waals surface area contributed by atoms with Gasteiger partial charge in [-0.25, -0.2) is 0 Å². The van der Waals surface area contributed by atoms with E-state index in [4.69, 9.17) is 14.2 Å². The highest BCUT2D eigenvalue weighted by molar-refractivity contribution is 4.74. The van der Waals surface area contributed by atoms with Gasteiger partial charge in [0.15, 0.2) is 6.29 Å². The summed E-state index contributed by atoms with van der Waals surface area (Å²) in [6.45, 7) is 3.51. The molecule has 2 saturated heterocycles. The fourth-order valence-electron chi connectivity index (χ4n) is 2.12.